The second kappa shape index (κ2) is 6.68. The van der Waals surface area contributed by atoms with E-state index in [1.807, 2.05) is 0 Å². The highest BCUT2D eigenvalue weighted by Crippen LogP contribution is 2.38. The number of Topliss-reactive ketones (excluding diaryl/α,β-unsaturated/α-hetero) is 1. The number of nitro benzene ring substituents is 1. The average molecular weight is 426 g/mol. The maximum atomic E-state index is 12.5. The van der Waals surface area contributed by atoms with Crippen molar-refractivity contribution in [2.75, 3.05) is 0 Å². The molecule has 1 aromatic rings. The van der Waals surface area contributed by atoms with Crippen molar-refractivity contribution in [3.05, 3.63) is 45.0 Å². The molecule has 25 heavy (non-hydrogen) atoms. The molecule has 2 rings (SSSR count). The number of alkyl halides is 2. The fraction of sp³-hybridized carbons (Fsp3) is 0.286. The zero-order valence-electron chi connectivity index (χ0n) is 12.9. The molecule has 0 saturated carbocycles. The molecule has 0 heterocycles. The maximum absolute atomic E-state index is 12.5. The van der Waals surface area contributed by atoms with Crippen LogP contribution in [0.25, 0.3) is 0 Å². The van der Waals surface area contributed by atoms with E-state index in [2.05, 4.69) is 4.40 Å². The van der Waals surface area contributed by atoms with Crippen molar-refractivity contribution in [3.63, 3.8) is 0 Å². The van der Waals surface area contributed by atoms with E-state index in [4.69, 9.17) is 34.8 Å². The molecule has 0 spiro atoms. The van der Waals surface area contributed by atoms with Gasteiger partial charge in [0.2, 0.25) is 0 Å². The lowest BCUT2D eigenvalue weighted by Crippen LogP contribution is -2.48. The number of benzene rings is 1. The molecule has 0 saturated heterocycles. The Morgan fingerprint density at radius 2 is 1.96 bits per heavy atom. The van der Waals surface area contributed by atoms with E-state index in [1.54, 1.807) is 0 Å². The van der Waals surface area contributed by atoms with Crippen LogP contribution in [0.3, 0.4) is 0 Å². The van der Waals surface area contributed by atoms with Crippen LogP contribution in [0.2, 0.25) is 0 Å². The SMILES string of the molecule is CC1=C(Cl)C(=O)C(C)(Cl)C(Cl)C1=NS(=O)(=O)c1cccc([N+](=O)[O-])c1. The summed E-state index contributed by atoms with van der Waals surface area (Å²) in [5.74, 6) is -0.639. The summed E-state index contributed by atoms with van der Waals surface area (Å²) in [6.45, 7) is 2.70. The van der Waals surface area contributed by atoms with Crippen molar-refractivity contribution in [3.8, 4) is 0 Å². The number of allylic oxidation sites excluding steroid dienone is 2. The van der Waals surface area contributed by atoms with Gasteiger partial charge in [-0.15, -0.1) is 23.2 Å². The van der Waals surface area contributed by atoms with Gasteiger partial charge in [-0.3, -0.25) is 14.9 Å². The Bertz CT molecular complexity index is 938. The molecule has 0 N–H and O–H groups in total. The zero-order valence-corrected chi connectivity index (χ0v) is 15.9. The highest BCUT2D eigenvalue weighted by Gasteiger charge is 2.48. The number of non-ortho nitro benzene ring substituents is 1. The third-order valence-corrected chi connectivity index (χ3v) is 6.50. The number of hydrogen-bond acceptors (Lipinski definition) is 5. The van der Waals surface area contributed by atoms with Crippen molar-refractivity contribution >= 4 is 62.0 Å². The standard InChI is InChI=1S/C14H11Cl3N2O5S/c1-7-10(15)13(20)14(2,17)12(16)11(7)18-25(23,24)9-5-3-4-8(6-9)19(21)22/h3-6,12H,1-2H3. The first kappa shape index (κ1) is 19.8. The molecule has 0 amide bonds. The molecule has 11 heteroatoms. The van der Waals surface area contributed by atoms with Crippen molar-refractivity contribution in [2.45, 2.75) is 29.0 Å². The van der Waals surface area contributed by atoms with Crippen LogP contribution >= 0.6 is 34.8 Å². The molecule has 0 bridgehead atoms. The molecule has 0 aliphatic heterocycles. The maximum Gasteiger partial charge on any atom is 0.282 e. The molecule has 0 radical (unpaired) electrons. The minimum atomic E-state index is -4.34. The summed E-state index contributed by atoms with van der Waals surface area (Å²) < 4.78 is 28.6. The van der Waals surface area contributed by atoms with E-state index in [9.17, 15) is 23.3 Å². The van der Waals surface area contributed by atoms with Crippen molar-refractivity contribution in [1.29, 1.82) is 0 Å². The largest absolute Gasteiger partial charge is 0.291 e. The summed E-state index contributed by atoms with van der Waals surface area (Å²) in [6, 6.07) is 4.39. The summed E-state index contributed by atoms with van der Waals surface area (Å²) in [5.41, 5.74) is -0.510. The van der Waals surface area contributed by atoms with E-state index in [0.29, 0.717) is 0 Å². The molecule has 1 aromatic carbocycles. The summed E-state index contributed by atoms with van der Waals surface area (Å²) in [6.07, 6.45) is 0. The van der Waals surface area contributed by atoms with Crippen LogP contribution in [0.1, 0.15) is 13.8 Å². The van der Waals surface area contributed by atoms with Crippen LogP contribution in [-0.4, -0.2) is 35.1 Å². The first-order valence-corrected chi connectivity index (χ1v) is 9.36. The van der Waals surface area contributed by atoms with Gasteiger partial charge in [-0.05, 0) is 25.5 Å². The van der Waals surface area contributed by atoms with E-state index < -0.39 is 41.6 Å². The predicted octanol–water partition coefficient (Wildman–Crippen LogP) is 3.42. The quantitative estimate of drug-likeness (QED) is 0.419. The first-order chi connectivity index (χ1) is 11.4. The lowest BCUT2D eigenvalue weighted by molar-refractivity contribution is -0.385. The van der Waals surface area contributed by atoms with Crippen molar-refractivity contribution < 1.29 is 18.1 Å². The lowest BCUT2D eigenvalue weighted by Gasteiger charge is -2.32. The Balaban J connectivity index is 2.63. The number of carbonyl (C=O) groups excluding carboxylic acids is 1. The molecular formula is C14H11Cl3N2O5S. The topological polar surface area (TPSA) is 107 Å². The summed E-state index contributed by atoms with van der Waals surface area (Å²) in [5, 5.41) is 9.30. The molecular weight excluding hydrogens is 415 g/mol. The fourth-order valence-corrected chi connectivity index (χ4v) is 4.15. The van der Waals surface area contributed by atoms with Gasteiger partial charge in [0.05, 0.1) is 20.6 Å². The molecule has 134 valence electrons. The molecule has 0 aromatic heterocycles. The van der Waals surface area contributed by atoms with E-state index in [-0.39, 0.29) is 16.3 Å². The van der Waals surface area contributed by atoms with Gasteiger partial charge in [-0.2, -0.15) is 12.8 Å². The monoisotopic (exact) mass is 424 g/mol. The second-order valence-electron chi connectivity index (χ2n) is 5.41. The van der Waals surface area contributed by atoms with Gasteiger partial charge in [0.25, 0.3) is 15.7 Å². The van der Waals surface area contributed by atoms with E-state index in [0.717, 1.165) is 18.2 Å². The van der Waals surface area contributed by atoms with Crippen LogP contribution in [0, 0.1) is 10.1 Å². The van der Waals surface area contributed by atoms with E-state index in [1.165, 1.54) is 19.9 Å². The average Bonchev–Trinajstić information content (AvgIpc) is 2.56. The normalized spacial score (nSPS) is 26.2. The molecule has 2 unspecified atom stereocenters. The third kappa shape index (κ3) is 3.57. The number of nitrogens with zero attached hydrogens (tertiary/aromatic N) is 2. The Morgan fingerprint density at radius 3 is 2.52 bits per heavy atom. The number of nitro groups is 1. The Hall–Kier alpha value is -1.48. The zero-order chi connectivity index (χ0) is 19.2. The number of sulfonamides is 1. The van der Waals surface area contributed by atoms with Gasteiger partial charge >= 0.3 is 0 Å². The van der Waals surface area contributed by atoms with Gasteiger partial charge < -0.3 is 0 Å². The van der Waals surface area contributed by atoms with Crippen LogP contribution in [0.4, 0.5) is 5.69 Å². The Labute approximate surface area is 158 Å². The highest BCUT2D eigenvalue weighted by molar-refractivity contribution is 7.90. The highest BCUT2D eigenvalue weighted by atomic mass is 35.5. The number of halogens is 3. The fourth-order valence-electron chi connectivity index (χ4n) is 2.11. The number of rotatable bonds is 3. The smallest absolute Gasteiger partial charge is 0.282 e. The molecule has 1 aliphatic rings. The van der Waals surface area contributed by atoms with E-state index >= 15 is 0 Å². The van der Waals surface area contributed by atoms with Crippen LogP contribution in [-0.2, 0) is 14.8 Å². The van der Waals surface area contributed by atoms with Gasteiger partial charge in [-0.25, -0.2) is 0 Å². The Kier molecular flexibility index (Phi) is 5.30. The number of carbonyl (C=O) groups is 1. The number of hydrogen-bond donors (Lipinski definition) is 0. The molecule has 1 aliphatic carbocycles. The van der Waals surface area contributed by atoms with Crippen LogP contribution < -0.4 is 0 Å². The Morgan fingerprint density at radius 1 is 1.36 bits per heavy atom. The van der Waals surface area contributed by atoms with Crippen LogP contribution in [0.5, 0.6) is 0 Å². The first-order valence-electron chi connectivity index (χ1n) is 6.73. The van der Waals surface area contributed by atoms with Gasteiger partial charge in [-0.1, -0.05) is 17.7 Å². The molecule has 7 nitrogen and oxygen atoms in total. The van der Waals surface area contributed by atoms with Crippen molar-refractivity contribution in [1.82, 2.24) is 0 Å². The number of ketones is 1. The summed E-state index contributed by atoms with van der Waals surface area (Å²) in [7, 11) is -4.34. The van der Waals surface area contributed by atoms with Gasteiger partial charge in [0.1, 0.15) is 10.3 Å². The van der Waals surface area contributed by atoms with Crippen molar-refractivity contribution in [2.24, 2.45) is 4.40 Å². The summed E-state index contributed by atoms with van der Waals surface area (Å²) >= 11 is 18.2. The second-order valence-corrected chi connectivity index (χ2v) is 8.62. The predicted molar refractivity (Wildman–Crippen MR) is 95.2 cm³/mol. The summed E-state index contributed by atoms with van der Waals surface area (Å²) in [4.78, 5) is 20.1. The lowest BCUT2D eigenvalue weighted by atomic mass is 9.87. The minimum absolute atomic E-state index is 0.0822. The van der Waals surface area contributed by atoms with Gasteiger partial charge in [0, 0.05) is 12.1 Å². The van der Waals surface area contributed by atoms with Gasteiger partial charge in [0.15, 0.2) is 5.78 Å². The minimum Gasteiger partial charge on any atom is -0.291 e. The van der Waals surface area contributed by atoms with Crippen LogP contribution in [0.15, 0.2) is 44.2 Å². The molecule has 2 atom stereocenters. The molecule has 0 fully saturated rings. The third-order valence-electron chi connectivity index (χ3n) is 3.62.